The number of hydrogen-bond acceptors (Lipinski definition) is 6. The second kappa shape index (κ2) is 10.5. The van der Waals surface area contributed by atoms with Gasteiger partial charge >= 0.3 is 0 Å². The van der Waals surface area contributed by atoms with Gasteiger partial charge in [0.25, 0.3) is 0 Å². The van der Waals surface area contributed by atoms with E-state index < -0.39 is 5.92 Å². The molecule has 1 aliphatic heterocycles. The first kappa shape index (κ1) is 24.6. The van der Waals surface area contributed by atoms with Gasteiger partial charge in [-0.25, -0.2) is 23.7 Å². The lowest BCUT2D eigenvalue weighted by atomic mass is 9.78. The third-order valence-electron chi connectivity index (χ3n) is 7.83. The van der Waals surface area contributed by atoms with Crippen molar-refractivity contribution in [3.63, 3.8) is 0 Å². The monoisotopic (exact) mass is 500 g/mol. The summed E-state index contributed by atoms with van der Waals surface area (Å²) >= 11 is 1.67. The van der Waals surface area contributed by atoms with Crippen molar-refractivity contribution < 1.29 is 13.6 Å². The van der Waals surface area contributed by atoms with E-state index in [0.717, 1.165) is 66.9 Å². The van der Waals surface area contributed by atoms with E-state index in [1.165, 1.54) is 24.1 Å². The molecule has 0 saturated heterocycles. The third-order valence-corrected chi connectivity index (χ3v) is 9.15. The highest BCUT2D eigenvalue weighted by atomic mass is 32.1. The van der Waals surface area contributed by atoms with Crippen molar-refractivity contribution in [1.82, 2.24) is 19.9 Å². The summed E-state index contributed by atoms with van der Waals surface area (Å²) in [5, 5.41) is 0.928. The SMILES string of the molecule is Cc1ncc(/C=C/C(=O)CC2CCC(CCN3CCc4sc(C5CC(F)(F)C5)nc4C3)CC2)cn1. The molecular formula is C27H34F2N4OS. The van der Waals surface area contributed by atoms with Crippen molar-refractivity contribution in [2.75, 3.05) is 13.1 Å². The Balaban J connectivity index is 1.01. The van der Waals surface area contributed by atoms with Crippen LogP contribution in [0, 0.1) is 18.8 Å². The van der Waals surface area contributed by atoms with Crippen LogP contribution in [0.4, 0.5) is 8.78 Å². The summed E-state index contributed by atoms with van der Waals surface area (Å²) in [6, 6.07) is 0. The highest BCUT2D eigenvalue weighted by molar-refractivity contribution is 7.11. The van der Waals surface area contributed by atoms with Crippen LogP contribution in [-0.2, 0) is 17.8 Å². The van der Waals surface area contributed by atoms with Crippen LogP contribution < -0.4 is 0 Å². The van der Waals surface area contributed by atoms with Crippen molar-refractivity contribution in [3.05, 3.63) is 45.4 Å². The van der Waals surface area contributed by atoms with Crippen LogP contribution in [0.2, 0.25) is 0 Å². The quantitative estimate of drug-likeness (QED) is 0.417. The molecule has 0 unspecified atom stereocenters. The normalized spacial score (nSPS) is 24.9. The van der Waals surface area contributed by atoms with E-state index in [9.17, 15) is 13.6 Å². The molecule has 2 aromatic heterocycles. The molecule has 0 N–H and O–H groups in total. The zero-order valence-corrected chi connectivity index (χ0v) is 21.2. The summed E-state index contributed by atoms with van der Waals surface area (Å²) in [6.07, 6.45) is 14.4. The predicted octanol–water partition coefficient (Wildman–Crippen LogP) is 5.98. The highest BCUT2D eigenvalue weighted by Crippen LogP contribution is 2.49. The number of carbonyl (C=O) groups excluding carboxylic acids is 1. The standard InChI is InChI=1S/C27H34F2N4OS/c1-18-30-15-21(16-31-18)6-7-23(34)12-20-4-2-19(3-5-20)8-10-33-11-9-25-24(17-33)32-26(35-25)22-13-27(28,29)14-22/h6-7,15-16,19-20,22H,2-5,8-14,17H2,1H3/b7-6+. The predicted molar refractivity (Wildman–Crippen MR) is 134 cm³/mol. The van der Waals surface area contributed by atoms with Crippen molar-refractivity contribution in [3.8, 4) is 0 Å². The number of allylic oxidation sites excluding steroid dienone is 1. The number of fused-ring (bicyclic) bond motifs is 1. The number of thiazole rings is 1. The van der Waals surface area contributed by atoms with E-state index in [-0.39, 0.29) is 24.5 Å². The minimum absolute atomic E-state index is 0.0324. The molecule has 2 fully saturated rings. The number of ketones is 1. The number of carbonyl (C=O) groups is 1. The van der Waals surface area contributed by atoms with E-state index in [2.05, 4.69) is 14.9 Å². The molecule has 35 heavy (non-hydrogen) atoms. The summed E-state index contributed by atoms with van der Waals surface area (Å²) in [7, 11) is 0. The fourth-order valence-electron chi connectivity index (χ4n) is 5.59. The molecule has 3 aliphatic rings. The molecule has 2 saturated carbocycles. The van der Waals surface area contributed by atoms with Crippen LogP contribution in [0.25, 0.3) is 6.08 Å². The zero-order valence-electron chi connectivity index (χ0n) is 20.4. The van der Waals surface area contributed by atoms with Crippen molar-refractivity contribution in [2.24, 2.45) is 11.8 Å². The van der Waals surface area contributed by atoms with Gasteiger partial charge in [-0.15, -0.1) is 11.3 Å². The fraction of sp³-hybridized carbons (Fsp3) is 0.630. The second-order valence-corrected chi connectivity index (χ2v) is 11.8. The Morgan fingerprint density at radius 3 is 2.60 bits per heavy atom. The lowest BCUT2D eigenvalue weighted by molar-refractivity contribution is -0.115. The number of nitrogens with zero attached hydrogens (tertiary/aromatic N) is 4. The maximum atomic E-state index is 13.2. The molecule has 5 rings (SSSR count). The van der Waals surface area contributed by atoms with Crippen LogP contribution >= 0.6 is 11.3 Å². The van der Waals surface area contributed by atoms with Crippen molar-refractivity contribution >= 4 is 23.2 Å². The van der Waals surface area contributed by atoms with Gasteiger partial charge < -0.3 is 0 Å². The average molecular weight is 501 g/mol. The van der Waals surface area contributed by atoms with Gasteiger partial charge in [0, 0.05) is 61.1 Å². The molecule has 0 radical (unpaired) electrons. The Morgan fingerprint density at radius 2 is 1.89 bits per heavy atom. The molecule has 2 aromatic rings. The average Bonchev–Trinajstić information content (AvgIpc) is 3.25. The maximum Gasteiger partial charge on any atom is 0.249 e. The number of aromatic nitrogens is 3. The molecule has 188 valence electrons. The second-order valence-electron chi connectivity index (χ2n) is 10.7. The Hall–Kier alpha value is -2.06. The topological polar surface area (TPSA) is 59.0 Å². The number of alkyl halides is 2. The van der Waals surface area contributed by atoms with Crippen LogP contribution in [0.15, 0.2) is 18.5 Å². The number of hydrogen-bond donors (Lipinski definition) is 0. The van der Waals surface area contributed by atoms with Crippen molar-refractivity contribution in [1.29, 1.82) is 0 Å². The minimum atomic E-state index is -2.48. The summed E-state index contributed by atoms with van der Waals surface area (Å²) in [5.41, 5.74) is 1.98. The minimum Gasteiger partial charge on any atom is -0.297 e. The summed E-state index contributed by atoms with van der Waals surface area (Å²) < 4.78 is 26.5. The molecule has 0 bridgehead atoms. The lowest BCUT2D eigenvalue weighted by Crippen LogP contribution is -2.33. The number of halogens is 2. The van der Waals surface area contributed by atoms with Crippen LogP contribution in [-0.4, -0.2) is 44.6 Å². The van der Waals surface area contributed by atoms with E-state index >= 15 is 0 Å². The van der Waals surface area contributed by atoms with Gasteiger partial charge in [0.2, 0.25) is 5.92 Å². The Bertz CT molecular complexity index is 1050. The Morgan fingerprint density at radius 1 is 1.17 bits per heavy atom. The molecule has 0 aromatic carbocycles. The smallest absolute Gasteiger partial charge is 0.249 e. The molecule has 0 atom stereocenters. The molecule has 0 spiro atoms. The number of aryl methyl sites for hydroxylation is 1. The first-order chi connectivity index (χ1) is 16.8. The maximum absolute atomic E-state index is 13.2. The van der Waals surface area contributed by atoms with Gasteiger partial charge in [-0.3, -0.25) is 9.69 Å². The molecule has 8 heteroatoms. The number of rotatable bonds is 8. The van der Waals surface area contributed by atoms with Gasteiger partial charge in [-0.05, 0) is 63.1 Å². The zero-order chi connectivity index (χ0) is 24.4. The fourth-order valence-corrected chi connectivity index (χ4v) is 6.76. The highest BCUT2D eigenvalue weighted by Gasteiger charge is 2.47. The summed E-state index contributed by atoms with van der Waals surface area (Å²) in [4.78, 5) is 29.2. The van der Waals surface area contributed by atoms with Gasteiger partial charge in [0.05, 0.1) is 10.7 Å². The van der Waals surface area contributed by atoms with Gasteiger partial charge in [-0.2, -0.15) is 0 Å². The van der Waals surface area contributed by atoms with Gasteiger partial charge in [0.1, 0.15) is 5.82 Å². The van der Waals surface area contributed by atoms with Gasteiger partial charge in [-0.1, -0.05) is 12.8 Å². The Labute approximate surface area is 210 Å². The van der Waals surface area contributed by atoms with E-state index in [1.807, 2.05) is 13.0 Å². The first-order valence-electron chi connectivity index (χ1n) is 12.9. The largest absolute Gasteiger partial charge is 0.297 e. The third kappa shape index (κ3) is 6.39. The van der Waals surface area contributed by atoms with Gasteiger partial charge in [0.15, 0.2) is 5.78 Å². The lowest BCUT2D eigenvalue weighted by Gasteiger charge is -2.33. The van der Waals surface area contributed by atoms with Crippen LogP contribution in [0.5, 0.6) is 0 Å². The molecule has 2 aliphatic carbocycles. The molecule has 0 amide bonds. The first-order valence-corrected chi connectivity index (χ1v) is 13.7. The molecule has 3 heterocycles. The summed E-state index contributed by atoms with van der Waals surface area (Å²) in [6.45, 7) is 4.81. The molecular weight excluding hydrogens is 466 g/mol. The van der Waals surface area contributed by atoms with Crippen molar-refractivity contribution in [2.45, 2.75) is 83.1 Å². The van der Waals surface area contributed by atoms with E-state index in [1.54, 1.807) is 29.8 Å². The molecule has 5 nitrogen and oxygen atoms in total. The van der Waals surface area contributed by atoms with E-state index in [0.29, 0.717) is 12.3 Å². The van der Waals surface area contributed by atoms with Crippen LogP contribution in [0.1, 0.15) is 84.3 Å². The van der Waals surface area contributed by atoms with Crippen LogP contribution in [0.3, 0.4) is 0 Å². The Kier molecular flexibility index (Phi) is 7.39. The van der Waals surface area contributed by atoms with E-state index in [4.69, 9.17) is 4.98 Å². The summed E-state index contributed by atoms with van der Waals surface area (Å²) in [5.74, 6) is -0.391.